The second kappa shape index (κ2) is 5.43. The maximum Gasteiger partial charge on any atom is 0.127 e. The highest BCUT2D eigenvalue weighted by Gasteiger charge is 2.23. The summed E-state index contributed by atoms with van der Waals surface area (Å²) in [5.74, 6) is 6.61. The largest absolute Gasteiger partial charge is 0.378 e. The SMILES string of the molecule is CCn1ccnc1C(CC1CCCO1)NN. The molecule has 16 heavy (non-hydrogen) atoms. The fraction of sp³-hybridized carbons (Fsp3) is 0.727. The van der Waals surface area contributed by atoms with Gasteiger partial charge < -0.3 is 9.30 Å². The van der Waals surface area contributed by atoms with E-state index in [4.69, 9.17) is 10.6 Å². The molecular weight excluding hydrogens is 204 g/mol. The summed E-state index contributed by atoms with van der Waals surface area (Å²) in [5.41, 5.74) is 2.84. The lowest BCUT2D eigenvalue weighted by Crippen LogP contribution is -2.32. The molecule has 2 heterocycles. The van der Waals surface area contributed by atoms with Crippen LogP contribution in [0.2, 0.25) is 0 Å². The fourth-order valence-electron chi connectivity index (χ4n) is 2.24. The second-order valence-electron chi connectivity index (χ2n) is 4.16. The maximum atomic E-state index is 5.62. The van der Waals surface area contributed by atoms with Crippen LogP contribution in [0.15, 0.2) is 12.4 Å². The van der Waals surface area contributed by atoms with Crippen LogP contribution in [0.1, 0.15) is 38.1 Å². The molecule has 1 fully saturated rings. The fourth-order valence-corrected chi connectivity index (χ4v) is 2.24. The smallest absolute Gasteiger partial charge is 0.127 e. The topological polar surface area (TPSA) is 65.1 Å². The quantitative estimate of drug-likeness (QED) is 0.578. The van der Waals surface area contributed by atoms with Gasteiger partial charge in [0, 0.05) is 25.5 Å². The van der Waals surface area contributed by atoms with E-state index in [1.165, 1.54) is 0 Å². The molecule has 1 saturated heterocycles. The molecule has 2 unspecified atom stereocenters. The average Bonchev–Trinajstić information content (AvgIpc) is 2.96. The molecule has 1 aliphatic heterocycles. The van der Waals surface area contributed by atoms with Crippen LogP contribution < -0.4 is 11.3 Å². The Bertz CT molecular complexity index is 320. The average molecular weight is 224 g/mol. The molecule has 5 nitrogen and oxygen atoms in total. The molecule has 1 aromatic rings. The lowest BCUT2D eigenvalue weighted by molar-refractivity contribution is 0.0932. The van der Waals surface area contributed by atoms with Gasteiger partial charge in [0.2, 0.25) is 0 Å². The molecule has 0 aliphatic carbocycles. The maximum absolute atomic E-state index is 5.62. The second-order valence-corrected chi connectivity index (χ2v) is 4.16. The van der Waals surface area contributed by atoms with Crippen LogP contribution >= 0.6 is 0 Å². The van der Waals surface area contributed by atoms with Crippen molar-refractivity contribution < 1.29 is 4.74 Å². The van der Waals surface area contributed by atoms with Crippen LogP contribution in [-0.4, -0.2) is 22.3 Å². The minimum absolute atomic E-state index is 0.0815. The van der Waals surface area contributed by atoms with Crippen molar-refractivity contribution in [3.63, 3.8) is 0 Å². The van der Waals surface area contributed by atoms with Gasteiger partial charge in [-0.05, 0) is 26.2 Å². The lowest BCUT2D eigenvalue weighted by Gasteiger charge is -2.19. The zero-order valence-corrected chi connectivity index (χ0v) is 9.72. The van der Waals surface area contributed by atoms with E-state index in [1.54, 1.807) is 0 Å². The zero-order valence-electron chi connectivity index (χ0n) is 9.72. The molecule has 0 radical (unpaired) electrons. The number of nitrogens with two attached hydrogens (primary N) is 1. The van der Waals surface area contributed by atoms with Gasteiger partial charge in [-0.15, -0.1) is 0 Å². The van der Waals surface area contributed by atoms with Crippen LogP contribution in [0.25, 0.3) is 0 Å². The monoisotopic (exact) mass is 224 g/mol. The Kier molecular flexibility index (Phi) is 3.93. The normalized spacial score (nSPS) is 22.5. The van der Waals surface area contributed by atoms with Gasteiger partial charge in [-0.1, -0.05) is 0 Å². The predicted octanol–water partition coefficient (Wildman–Crippen LogP) is 0.976. The van der Waals surface area contributed by atoms with E-state index in [0.717, 1.165) is 38.2 Å². The standard InChI is InChI=1S/C11H20N4O/c1-2-15-6-5-13-11(15)10(14-12)8-9-4-3-7-16-9/h5-6,9-10,14H,2-4,7-8,12H2,1H3. The molecule has 1 aliphatic rings. The van der Waals surface area contributed by atoms with Crippen molar-refractivity contribution in [1.82, 2.24) is 15.0 Å². The zero-order chi connectivity index (χ0) is 11.4. The summed E-state index contributed by atoms with van der Waals surface area (Å²) in [6.07, 6.45) is 7.30. The first kappa shape index (κ1) is 11.6. The highest BCUT2D eigenvalue weighted by atomic mass is 16.5. The summed E-state index contributed by atoms with van der Waals surface area (Å²) in [7, 11) is 0. The van der Waals surface area contributed by atoms with E-state index in [1.807, 2.05) is 12.4 Å². The van der Waals surface area contributed by atoms with E-state index in [9.17, 15) is 0 Å². The summed E-state index contributed by atoms with van der Waals surface area (Å²) in [4.78, 5) is 4.37. The number of ether oxygens (including phenoxy) is 1. The number of rotatable bonds is 5. The van der Waals surface area contributed by atoms with Crippen molar-refractivity contribution in [2.24, 2.45) is 5.84 Å². The lowest BCUT2D eigenvalue weighted by atomic mass is 10.1. The van der Waals surface area contributed by atoms with Crippen molar-refractivity contribution in [3.05, 3.63) is 18.2 Å². The number of hydrogen-bond donors (Lipinski definition) is 2. The van der Waals surface area contributed by atoms with Crippen molar-refractivity contribution in [2.75, 3.05) is 6.61 Å². The molecule has 2 rings (SSSR count). The highest BCUT2D eigenvalue weighted by molar-refractivity contribution is 5.00. The summed E-state index contributed by atoms with van der Waals surface area (Å²) in [5, 5.41) is 0. The van der Waals surface area contributed by atoms with Gasteiger partial charge >= 0.3 is 0 Å². The third-order valence-electron chi connectivity index (χ3n) is 3.12. The van der Waals surface area contributed by atoms with Gasteiger partial charge in [0.25, 0.3) is 0 Å². The van der Waals surface area contributed by atoms with E-state index >= 15 is 0 Å². The Labute approximate surface area is 96.0 Å². The number of hydrogen-bond acceptors (Lipinski definition) is 4. The Balaban J connectivity index is 2.03. The summed E-state index contributed by atoms with van der Waals surface area (Å²) >= 11 is 0. The molecule has 0 amide bonds. The third kappa shape index (κ3) is 2.42. The van der Waals surface area contributed by atoms with Gasteiger partial charge in [-0.2, -0.15) is 0 Å². The minimum Gasteiger partial charge on any atom is -0.378 e. The molecule has 2 atom stereocenters. The Morgan fingerprint density at radius 3 is 3.25 bits per heavy atom. The number of aryl methyl sites for hydroxylation is 1. The van der Waals surface area contributed by atoms with E-state index < -0.39 is 0 Å². The van der Waals surface area contributed by atoms with Crippen LogP contribution in [0.5, 0.6) is 0 Å². The van der Waals surface area contributed by atoms with E-state index in [2.05, 4.69) is 21.9 Å². The molecule has 90 valence electrons. The van der Waals surface area contributed by atoms with E-state index in [0.29, 0.717) is 6.10 Å². The minimum atomic E-state index is 0.0815. The van der Waals surface area contributed by atoms with Gasteiger partial charge in [0.15, 0.2) is 0 Å². The first-order chi connectivity index (χ1) is 7.85. The molecule has 1 aromatic heterocycles. The summed E-state index contributed by atoms with van der Waals surface area (Å²) in [6.45, 7) is 3.90. The molecular formula is C11H20N4O. The predicted molar refractivity (Wildman–Crippen MR) is 61.6 cm³/mol. The summed E-state index contributed by atoms with van der Waals surface area (Å²) in [6, 6.07) is 0.0815. The number of nitrogens with one attached hydrogen (secondary N) is 1. The molecule has 0 aromatic carbocycles. The number of imidazole rings is 1. The first-order valence-electron chi connectivity index (χ1n) is 5.94. The molecule has 5 heteroatoms. The molecule has 0 spiro atoms. The van der Waals surface area contributed by atoms with Crippen LogP contribution in [0, 0.1) is 0 Å². The molecule has 3 N–H and O–H groups in total. The van der Waals surface area contributed by atoms with Gasteiger partial charge in [-0.25, -0.2) is 10.4 Å². The number of nitrogens with zero attached hydrogens (tertiary/aromatic N) is 2. The van der Waals surface area contributed by atoms with Crippen molar-refractivity contribution in [2.45, 2.75) is 44.9 Å². The van der Waals surface area contributed by atoms with Crippen molar-refractivity contribution in [3.8, 4) is 0 Å². The van der Waals surface area contributed by atoms with Crippen LogP contribution in [0.4, 0.5) is 0 Å². The molecule has 0 saturated carbocycles. The highest BCUT2D eigenvalue weighted by Crippen LogP contribution is 2.23. The first-order valence-corrected chi connectivity index (χ1v) is 5.94. The third-order valence-corrected chi connectivity index (χ3v) is 3.12. The Hall–Kier alpha value is -0.910. The Morgan fingerprint density at radius 2 is 2.62 bits per heavy atom. The summed E-state index contributed by atoms with van der Waals surface area (Å²) < 4.78 is 7.73. The van der Waals surface area contributed by atoms with Crippen LogP contribution in [0.3, 0.4) is 0 Å². The van der Waals surface area contributed by atoms with Crippen molar-refractivity contribution >= 4 is 0 Å². The van der Waals surface area contributed by atoms with Gasteiger partial charge in [0.05, 0.1) is 12.1 Å². The Morgan fingerprint density at radius 1 is 1.75 bits per heavy atom. The van der Waals surface area contributed by atoms with Gasteiger partial charge in [-0.3, -0.25) is 5.84 Å². The van der Waals surface area contributed by atoms with Crippen LogP contribution in [-0.2, 0) is 11.3 Å². The van der Waals surface area contributed by atoms with Crippen molar-refractivity contribution in [1.29, 1.82) is 0 Å². The van der Waals surface area contributed by atoms with E-state index in [-0.39, 0.29) is 6.04 Å². The van der Waals surface area contributed by atoms with Gasteiger partial charge in [0.1, 0.15) is 5.82 Å². The number of hydrazine groups is 1. The molecule has 0 bridgehead atoms. The number of aromatic nitrogens is 2.